The molecule has 8 heteroatoms. The normalized spacial score (nSPS) is 10.7. The van der Waals surface area contributed by atoms with Crippen molar-refractivity contribution in [2.45, 2.75) is 0 Å². The summed E-state index contributed by atoms with van der Waals surface area (Å²) in [6.07, 6.45) is 0. The number of benzene rings is 3. The number of aromatic nitrogens is 1. The van der Waals surface area contributed by atoms with Crippen molar-refractivity contribution in [3.05, 3.63) is 81.8 Å². The van der Waals surface area contributed by atoms with Gasteiger partial charge >= 0.3 is 0 Å². The van der Waals surface area contributed by atoms with Crippen LogP contribution in [0.5, 0.6) is 0 Å². The highest BCUT2D eigenvalue weighted by Crippen LogP contribution is 2.27. The van der Waals surface area contributed by atoms with E-state index in [4.69, 9.17) is 28.2 Å². The third-order valence-electron chi connectivity index (χ3n) is 4.03. The Labute approximate surface area is 185 Å². The topological polar surface area (TPSA) is 67.2 Å². The van der Waals surface area contributed by atoms with Crippen molar-refractivity contribution in [3.8, 4) is 11.5 Å². The van der Waals surface area contributed by atoms with Gasteiger partial charge in [0, 0.05) is 26.3 Å². The molecule has 1 heterocycles. The number of halogens is 2. The molecule has 0 saturated heterocycles. The smallest absolute Gasteiger partial charge is 0.257 e. The average Bonchev–Trinajstić information content (AvgIpc) is 3.11. The van der Waals surface area contributed by atoms with Crippen LogP contribution in [0.3, 0.4) is 0 Å². The van der Waals surface area contributed by atoms with Gasteiger partial charge in [0.2, 0.25) is 5.89 Å². The largest absolute Gasteiger partial charge is 0.436 e. The monoisotopic (exact) mass is 485 g/mol. The van der Waals surface area contributed by atoms with Gasteiger partial charge in [0.15, 0.2) is 10.7 Å². The number of amides is 1. The average molecular weight is 487 g/mol. The second-order valence-corrected chi connectivity index (χ2v) is 7.89. The number of oxazole rings is 1. The van der Waals surface area contributed by atoms with Crippen LogP contribution in [-0.2, 0) is 0 Å². The highest BCUT2D eigenvalue weighted by molar-refractivity contribution is 9.10. The maximum atomic E-state index is 12.3. The molecular formula is C21H13BrClN3O2S. The summed E-state index contributed by atoms with van der Waals surface area (Å²) in [5, 5.41) is 6.27. The molecule has 0 bridgehead atoms. The van der Waals surface area contributed by atoms with Crippen molar-refractivity contribution in [2.75, 3.05) is 5.32 Å². The number of hydrogen-bond donors (Lipinski definition) is 2. The van der Waals surface area contributed by atoms with E-state index in [1.54, 1.807) is 42.5 Å². The lowest BCUT2D eigenvalue weighted by Gasteiger charge is -2.09. The fourth-order valence-electron chi connectivity index (χ4n) is 2.72. The molecule has 0 radical (unpaired) electrons. The Balaban J connectivity index is 1.49. The standard InChI is InChI=1S/C21H13BrClN3O2S/c22-14-5-1-4-13(9-14)20-25-17-11-16(7-8-18(17)28-20)24-21(29)26-19(27)12-3-2-6-15(23)10-12/h1-11H,(H2,24,26,27,29). The number of rotatable bonds is 3. The Hall–Kier alpha value is -2.74. The number of fused-ring (bicyclic) bond motifs is 1. The van der Waals surface area contributed by atoms with E-state index in [0.29, 0.717) is 33.3 Å². The lowest BCUT2D eigenvalue weighted by molar-refractivity contribution is 0.0977. The van der Waals surface area contributed by atoms with Gasteiger partial charge in [0.05, 0.1) is 0 Å². The van der Waals surface area contributed by atoms with E-state index >= 15 is 0 Å². The van der Waals surface area contributed by atoms with Crippen LogP contribution in [0.25, 0.3) is 22.6 Å². The van der Waals surface area contributed by atoms with E-state index in [0.717, 1.165) is 10.0 Å². The van der Waals surface area contributed by atoms with E-state index in [9.17, 15) is 4.79 Å². The predicted molar refractivity (Wildman–Crippen MR) is 122 cm³/mol. The molecule has 0 atom stereocenters. The van der Waals surface area contributed by atoms with Crippen molar-refractivity contribution in [1.82, 2.24) is 10.3 Å². The van der Waals surface area contributed by atoms with Gasteiger partial charge in [-0.2, -0.15) is 0 Å². The summed E-state index contributed by atoms with van der Waals surface area (Å²) in [6.45, 7) is 0. The summed E-state index contributed by atoms with van der Waals surface area (Å²) >= 11 is 14.6. The molecule has 0 aliphatic rings. The molecule has 0 aliphatic carbocycles. The lowest BCUT2D eigenvalue weighted by Crippen LogP contribution is -2.34. The number of carbonyl (C=O) groups is 1. The zero-order valence-electron chi connectivity index (χ0n) is 14.8. The van der Waals surface area contributed by atoms with Gasteiger partial charge in [-0.1, -0.05) is 39.7 Å². The summed E-state index contributed by atoms with van der Waals surface area (Å²) < 4.78 is 6.77. The first-order valence-corrected chi connectivity index (χ1v) is 10.1. The van der Waals surface area contributed by atoms with Crippen LogP contribution in [0.2, 0.25) is 5.02 Å². The van der Waals surface area contributed by atoms with Gasteiger partial charge in [0.25, 0.3) is 5.91 Å². The predicted octanol–water partition coefficient (Wildman–Crippen LogP) is 6.04. The SMILES string of the molecule is O=C(NC(=S)Nc1ccc2oc(-c3cccc(Br)c3)nc2c1)c1cccc(Cl)c1. The summed E-state index contributed by atoms with van der Waals surface area (Å²) in [4.78, 5) is 16.8. The molecular weight excluding hydrogens is 474 g/mol. The van der Waals surface area contributed by atoms with Gasteiger partial charge < -0.3 is 9.73 Å². The van der Waals surface area contributed by atoms with Crippen molar-refractivity contribution in [2.24, 2.45) is 0 Å². The Kier molecular flexibility index (Phi) is 5.62. The molecule has 4 aromatic rings. The first-order valence-electron chi connectivity index (χ1n) is 8.52. The van der Waals surface area contributed by atoms with E-state index in [1.165, 1.54) is 0 Å². The molecule has 0 unspecified atom stereocenters. The van der Waals surface area contributed by atoms with Crippen LogP contribution in [0, 0.1) is 0 Å². The van der Waals surface area contributed by atoms with Gasteiger partial charge in [0.1, 0.15) is 5.52 Å². The van der Waals surface area contributed by atoms with Crippen LogP contribution in [-0.4, -0.2) is 16.0 Å². The molecule has 3 aromatic carbocycles. The fraction of sp³-hybridized carbons (Fsp3) is 0. The fourth-order valence-corrected chi connectivity index (χ4v) is 3.52. The zero-order valence-corrected chi connectivity index (χ0v) is 17.9. The third kappa shape index (κ3) is 4.64. The maximum Gasteiger partial charge on any atom is 0.257 e. The van der Waals surface area contributed by atoms with Gasteiger partial charge in [-0.05, 0) is 66.8 Å². The molecule has 1 amide bonds. The van der Waals surface area contributed by atoms with Gasteiger partial charge in [-0.3, -0.25) is 10.1 Å². The van der Waals surface area contributed by atoms with Crippen LogP contribution >= 0.6 is 39.7 Å². The number of thiocarbonyl (C=S) groups is 1. The first kappa shape index (κ1) is 19.6. The molecule has 0 fully saturated rings. The Morgan fingerprint density at radius 1 is 1.07 bits per heavy atom. The van der Waals surface area contributed by atoms with E-state index in [2.05, 4.69) is 31.5 Å². The summed E-state index contributed by atoms with van der Waals surface area (Å²) in [5.41, 5.74) is 3.30. The molecule has 0 spiro atoms. The molecule has 0 saturated carbocycles. The van der Waals surface area contributed by atoms with Crippen molar-refractivity contribution < 1.29 is 9.21 Å². The van der Waals surface area contributed by atoms with Crippen LogP contribution in [0.15, 0.2) is 75.6 Å². The summed E-state index contributed by atoms with van der Waals surface area (Å²) in [5.74, 6) is 0.180. The molecule has 1 aromatic heterocycles. The molecule has 29 heavy (non-hydrogen) atoms. The lowest BCUT2D eigenvalue weighted by atomic mass is 10.2. The summed E-state index contributed by atoms with van der Waals surface area (Å²) in [6, 6.07) is 19.8. The van der Waals surface area contributed by atoms with Gasteiger partial charge in [-0.25, -0.2) is 4.98 Å². The van der Waals surface area contributed by atoms with Crippen molar-refractivity contribution in [1.29, 1.82) is 0 Å². The number of hydrogen-bond acceptors (Lipinski definition) is 4. The highest BCUT2D eigenvalue weighted by Gasteiger charge is 2.11. The van der Waals surface area contributed by atoms with Crippen LogP contribution in [0.1, 0.15) is 10.4 Å². The minimum Gasteiger partial charge on any atom is -0.436 e. The molecule has 2 N–H and O–H groups in total. The van der Waals surface area contributed by atoms with E-state index in [1.807, 2.05) is 24.3 Å². The van der Waals surface area contributed by atoms with E-state index < -0.39 is 0 Å². The number of anilines is 1. The van der Waals surface area contributed by atoms with Crippen molar-refractivity contribution >= 4 is 67.6 Å². The van der Waals surface area contributed by atoms with Gasteiger partial charge in [-0.15, -0.1) is 0 Å². The highest BCUT2D eigenvalue weighted by atomic mass is 79.9. The minimum atomic E-state index is -0.343. The Bertz CT molecular complexity index is 1240. The molecule has 0 aliphatic heterocycles. The zero-order chi connectivity index (χ0) is 20.4. The van der Waals surface area contributed by atoms with Crippen LogP contribution < -0.4 is 10.6 Å². The number of carbonyl (C=O) groups excluding carboxylic acids is 1. The molecule has 4 rings (SSSR count). The second-order valence-electron chi connectivity index (χ2n) is 6.13. The first-order chi connectivity index (χ1) is 14.0. The quantitative estimate of drug-likeness (QED) is 0.346. The second kappa shape index (κ2) is 8.32. The van der Waals surface area contributed by atoms with E-state index in [-0.39, 0.29) is 11.0 Å². The van der Waals surface area contributed by atoms with Crippen molar-refractivity contribution in [3.63, 3.8) is 0 Å². The maximum absolute atomic E-state index is 12.3. The Morgan fingerprint density at radius 3 is 2.69 bits per heavy atom. The summed E-state index contributed by atoms with van der Waals surface area (Å²) in [7, 11) is 0. The third-order valence-corrected chi connectivity index (χ3v) is 4.96. The Morgan fingerprint density at radius 2 is 1.90 bits per heavy atom. The number of nitrogens with one attached hydrogen (secondary N) is 2. The van der Waals surface area contributed by atoms with Crippen LogP contribution in [0.4, 0.5) is 5.69 Å². The molecule has 5 nitrogen and oxygen atoms in total. The number of nitrogens with zero attached hydrogens (tertiary/aromatic N) is 1. The minimum absolute atomic E-state index is 0.171. The molecule has 144 valence electrons.